The summed E-state index contributed by atoms with van der Waals surface area (Å²) in [6.07, 6.45) is 1.53. The standard InChI is InChI=1S/C38H36N4O7S2/c1-23(35(43)42-38-41-30(22-50-38)25-17-18-31(46-2)33(20-25)48-4)51-28-15-10-14-27(21-28)39-37(45)29(40-36(44)24-11-7-6-8-12-24)19-26-13-9-16-32(47-3)34(26)49-5/h6-23H,1-5H3,(H,39,45)(H,40,44)(H,41,42,43)/b29-19+. The van der Waals surface area contributed by atoms with E-state index < -0.39 is 17.1 Å². The smallest absolute Gasteiger partial charge is 0.272 e. The van der Waals surface area contributed by atoms with E-state index in [4.69, 9.17) is 18.9 Å². The highest BCUT2D eigenvalue weighted by atomic mass is 32.2. The van der Waals surface area contributed by atoms with Gasteiger partial charge in [0, 0.05) is 32.7 Å². The van der Waals surface area contributed by atoms with Crippen molar-refractivity contribution >= 4 is 57.7 Å². The summed E-state index contributed by atoms with van der Waals surface area (Å²) in [4.78, 5) is 45.3. The lowest BCUT2D eigenvalue weighted by molar-refractivity contribution is -0.115. The second kappa shape index (κ2) is 17.2. The molecule has 0 saturated carbocycles. The highest BCUT2D eigenvalue weighted by Crippen LogP contribution is 2.35. The topological polar surface area (TPSA) is 137 Å². The lowest BCUT2D eigenvalue weighted by Gasteiger charge is -2.15. The molecular weight excluding hydrogens is 689 g/mol. The minimum atomic E-state index is -0.564. The maximum absolute atomic E-state index is 13.7. The fourth-order valence-corrected chi connectivity index (χ4v) is 6.54. The molecule has 11 nitrogen and oxygen atoms in total. The molecule has 1 unspecified atom stereocenters. The van der Waals surface area contributed by atoms with Crippen LogP contribution in [-0.2, 0) is 9.59 Å². The van der Waals surface area contributed by atoms with Gasteiger partial charge in [-0.05, 0) is 67.6 Å². The number of benzene rings is 4. The van der Waals surface area contributed by atoms with Gasteiger partial charge in [-0.2, -0.15) is 0 Å². The maximum Gasteiger partial charge on any atom is 0.272 e. The predicted octanol–water partition coefficient (Wildman–Crippen LogP) is 7.37. The van der Waals surface area contributed by atoms with Crippen LogP contribution in [0.5, 0.6) is 23.0 Å². The molecule has 0 bridgehead atoms. The van der Waals surface area contributed by atoms with E-state index >= 15 is 0 Å². The third-order valence-corrected chi connectivity index (χ3v) is 9.30. The average molecular weight is 725 g/mol. The zero-order chi connectivity index (χ0) is 36.3. The van der Waals surface area contributed by atoms with Gasteiger partial charge in [0.1, 0.15) is 5.70 Å². The lowest BCUT2D eigenvalue weighted by atomic mass is 10.1. The third-order valence-electron chi connectivity index (χ3n) is 7.45. The number of rotatable bonds is 14. The molecule has 0 radical (unpaired) electrons. The summed E-state index contributed by atoms with van der Waals surface area (Å²) in [6, 6.07) is 26.4. The van der Waals surface area contributed by atoms with E-state index in [1.165, 1.54) is 43.4 Å². The minimum Gasteiger partial charge on any atom is -0.493 e. The van der Waals surface area contributed by atoms with Crippen LogP contribution in [-0.4, -0.2) is 56.4 Å². The highest BCUT2D eigenvalue weighted by molar-refractivity contribution is 8.00. The predicted molar refractivity (Wildman–Crippen MR) is 201 cm³/mol. The number of ether oxygens (including phenoxy) is 4. The summed E-state index contributed by atoms with van der Waals surface area (Å²) in [5, 5.41) is 10.3. The van der Waals surface area contributed by atoms with E-state index in [9.17, 15) is 14.4 Å². The fourth-order valence-electron chi connectivity index (χ4n) is 4.89. The molecule has 3 N–H and O–H groups in total. The molecule has 0 fully saturated rings. The normalized spacial score (nSPS) is 11.6. The molecule has 0 saturated heterocycles. The summed E-state index contributed by atoms with van der Waals surface area (Å²) in [5.74, 6) is 0.809. The second-order valence-corrected chi connectivity index (χ2v) is 13.1. The fraction of sp³-hybridized carbons (Fsp3) is 0.158. The Morgan fingerprint density at radius 1 is 0.784 bits per heavy atom. The molecular formula is C38H36N4O7S2. The second-order valence-electron chi connectivity index (χ2n) is 10.8. The van der Waals surface area contributed by atoms with Crippen molar-refractivity contribution in [3.8, 4) is 34.3 Å². The molecule has 0 aliphatic heterocycles. The van der Waals surface area contributed by atoms with Crippen molar-refractivity contribution in [2.24, 2.45) is 0 Å². The number of methoxy groups -OCH3 is 4. The molecule has 0 spiro atoms. The molecule has 5 aromatic rings. The number of thiazole rings is 1. The van der Waals surface area contributed by atoms with Gasteiger partial charge in [-0.1, -0.05) is 36.4 Å². The molecule has 13 heteroatoms. The Morgan fingerprint density at radius 3 is 2.25 bits per heavy atom. The van der Waals surface area contributed by atoms with Crippen LogP contribution < -0.4 is 34.9 Å². The number of para-hydroxylation sites is 1. The Bertz CT molecular complexity index is 2050. The number of anilines is 2. The van der Waals surface area contributed by atoms with Gasteiger partial charge in [0.05, 0.1) is 39.4 Å². The Kier molecular flexibility index (Phi) is 12.3. The number of nitrogens with zero attached hydrogens (tertiary/aromatic N) is 1. The lowest BCUT2D eigenvalue weighted by Crippen LogP contribution is -2.30. The zero-order valence-corrected chi connectivity index (χ0v) is 30.1. The quantitative estimate of drug-likeness (QED) is 0.0792. The van der Waals surface area contributed by atoms with Gasteiger partial charge in [-0.3, -0.25) is 14.4 Å². The van der Waals surface area contributed by atoms with E-state index in [2.05, 4.69) is 20.9 Å². The number of carbonyl (C=O) groups is 3. The van der Waals surface area contributed by atoms with Crippen molar-refractivity contribution in [3.63, 3.8) is 0 Å². The third kappa shape index (κ3) is 9.26. The Morgan fingerprint density at radius 2 is 1.53 bits per heavy atom. The summed E-state index contributed by atoms with van der Waals surface area (Å²) in [6.45, 7) is 1.79. The monoisotopic (exact) mass is 724 g/mol. The van der Waals surface area contributed by atoms with Crippen molar-refractivity contribution in [2.75, 3.05) is 39.1 Å². The molecule has 1 atom stereocenters. The van der Waals surface area contributed by atoms with Crippen LogP contribution in [0.4, 0.5) is 10.8 Å². The Labute approximate surface area is 304 Å². The van der Waals surface area contributed by atoms with Crippen molar-refractivity contribution in [2.45, 2.75) is 17.1 Å². The number of carbonyl (C=O) groups excluding carboxylic acids is 3. The number of nitrogens with one attached hydrogen (secondary N) is 3. The van der Waals surface area contributed by atoms with Crippen LogP contribution >= 0.6 is 23.1 Å². The average Bonchev–Trinajstić information content (AvgIpc) is 3.62. The number of hydrogen-bond donors (Lipinski definition) is 3. The van der Waals surface area contributed by atoms with Crippen LogP contribution in [0.2, 0.25) is 0 Å². The molecule has 51 heavy (non-hydrogen) atoms. The summed E-state index contributed by atoms with van der Waals surface area (Å²) < 4.78 is 21.7. The summed E-state index contributed by atoms with van der Waals surface area (Å²) in [7, 11) is 6.16. The maximum atomic E-state index is 13.7. The summed E-state index contributed by atoms with van der Waals surface area (Å²) >= 11 is 2.64. The first kappa shape index (κ1) is 36.5. The van der Waals surface area contributed by atoms with E-state index in [1.807, 2.05) is 23.6 Å². The van der Waals surface area contributed by atoms with Crippen molar-refractivity contribution in [1.29, 1.82) is 0 Å². The van der Waals surface area contributed by atoms with Gasteiger partial charge in [0.25, 0.3) is 11.8 Å². The molecule has 0 aliphatic carbocycles. The number of thioether (sulfide) groups is 1. The molecule has 4 aromatic carbocycles. The summed E-state index contributed by atoms with van der Waals surface area (Å²) in [5.41, 5.74) is 2.88. The number of aromatic nitrogens is 1. The van der Waals surface area contributed by atoms with Gasteiger partial charge >= 0.3 is 0 Å². The SMILES string of the molecule is COc1ccc(-c2csc(NC(=O)C(C)Sc3cccc(NC(=O)/C(=C\c4cccc(OC)c4OC)NC(=O)c4ccccc4)c3)n2)cc1OC. The molecule has 0 aliphatic rings. The van der Waals surface area contributed by atoms with Crippen LogP contribution in [0, 0.1) is 0 Å². The molecule has 5 rings (SSSR count). The zero-order valence-electron chi connectivity index (χ0n) is 28.5. The number of hydrogen-bond acceptors (Lipinski definition) is 10. The van der Waals surface area contributed by atoms with Crippen LogP contribution in [0.25, 0.3) is 17.3 Å². The van der Waals surface area contributed by atoms with Crippen LogP contribution in [0.15, 0.2) is 107 Å². The van der Waals surface area contributed by atoms with Gasteiger partial charge in [0.15, 0.2) is 28.1 Å². The van der Waals surface area contributed by atoms with Gasteiger partial charge < -0.3 is 34.9 Å². The van der Waals surface area contributed by atoms with E-state index in [1.54, 1.807) is 93.9 Å². The van der Waals surface area contributed by atoms with E-state index in [0.717, 1.165) is 10.5 Å². The van der Waals surface area contributed by atoms with Gasteiger partial charge in [-0.15, -0.1) is 23.1 Å². The molecule has 3 amide bonds. The molecule has 262 valence electrons. The van der Waals surface area contributed by atoms with E-state index in [-0.39, 0.29) is 11.6 Å². The largest absolute Gasteiger partial charge is 0.493 e. The minimum absolute atomic E-state index is 0.0166. The van der Waals surface area contributed by atoms with Crippen LogP contribution in [0.1, 0.15) is 22.8 Å². The van der Waals surface area contributed by atoms with Crippen molar-refractivity contribution in [1.82, 2.24) is 10.3 Å². The number of amides is 3. The van der Waals surface area contributed by atoms with E-state index in [0.29, 0.717) is 50.6 Å². The first-order chi connectivity index (χ1) is 24.7. The van der Waals surface area contributed by atoms with Gasteiger partial charge in [0.2, 0.25) is 5.91 Å². The van der Waals surface area contributed by atoms with Crippen LogP contribution in [0.3, 0.4) is 0 Å². The molecule has 1 aromatic heterocycles. The first-order valence-corrected chi connectivity index (χ1v) is 17.3. The highest BCUT2D eigenvalue weighted by Gasteiger charge is 2.20. The Hall–Kier alpha value is -5.79. The molecule has 1 heterocycles. The van der Waals surface area contributed by atoms with Crippen molar-refractivity contribution < 1.29 is 33.3 Å². The van der Waals surface area contributed by atoms with Gasteiger partial charge in [-0.25, -0.2) is 4.98 Å². The Balaban J connectivity index is 1.28. The van der Waals surface area contributed by atoms with Crippen molar-refractivity contribution in [3.05, 3.63) is 113 Å². The first-order valence-electron chi connectivity index (χ1n) is 15.6.